The highest BCUT2D eigenvalue weighted by Crippen LogP contribution is 2.26. The van der Waals surface area contributed by atoms with Crippen molar-refractivity contribution in [2.75, 3.05) is 0 Å². The van der Waals surface area contributed by atoms with Crippen molar-refractivity contribution in [1.29, 1.82) is 0 Å². The topological polar surface area (TPSA) is 64.4 Å². The van der Waals surface area contributed by atoms with Crippen LogP contribution in [0.15, 0.2) is 35.5 Å². The minimum absolute atomic E-state index is 0.0406. The normalized spacial score (nSPS) is 12.4. The molecule has 25 heavy (non-hydrogen) atoms. The van der Waals surface area contributed by atoms with Crippen LogP contribution in [0.5, 0.6) is 5.75 Å². The van der Waals surface area contributed by atoms with Gasteiger partial charge >= 0.3 is 0 Å². The molecular formula is C18H27N3O3S. The Kier molecular flexibility index (Phi) is 5.90. The Morgan fingerprint density at radius 3 is 2.40 bits per heavy atom. The van der Waals surface area contributed by atoms with Crippen molar-refractivity contribution in [3.8, 4) is 5.75 Å². The number of nitrogens with zero attached hydrogens (tertiary/aromatic N) is 3. The van der Waals surface area contributed by atoms with Crippen LogP contribution in [-0.4, -0.2) is 34.6 Å². The smallest absolute Gasteiger partial charge is 0.243 e. The van der Waals surface area contributed by atoms with Gasteiger partial charge in [-0.1, -0.05) is 0 Å². The number of rotatable bonds is 7. The Balaban J connectivity index is 2.35. The van der Waals surface area contributed by atoms with Crippen LogP contribution < -0.4 is 4.74 Å². The van der Waals surface area contributed by atoms with Gasteiger partial charge in [0.15, 0.2) is 0 Å². The second-order valence-electron chi connectivity index (χ2n) is 6.76. The third kappa shape index (κ3) is 4.61. The number of ether oxygens (including phenoxy) is 1. The van der Waals surface area contributed by atoms with Crippen LogP contribution in [0.2, 0.25) is 0 Å². The van der Waals surface area contributed by atoms with Gasteiger partial charge in [-0.25, -0.2) is 8.42 Å². The molecule has 0 aliphatic rings. The van der Waals surface area contributed by atoms with Gasteiger partial charge in [0.25, 0.3) is 0 Å². The van der Waals surface area contributed by atoms with Gasteiger partial charge in [-0.05, 0) is 58.4 Å². The predicted octanol–water partition coefficient (Wildman–Crippen LogP) is 3.12. The summed E-state index contributed by atoms with van der Waals surface area (Å²) in [4.78, 5) is 0.277. The van der Waals surface area contributed by atoms with E-state index in [-0.39, 0.29) is 23.6 Å². The standard InChI is InChI=1S/C18H27N3O3S/c1-13(2)21(12-16-10-19-20(6)11-16)25(22,23)17-7-8-18(15(5)9-17)24-14(3)4/h7-11,13-14H,12H2,1-6H3. The zero-order valence-electron chi connectivity index (χ0n) is 15.7. The Morgan fingerprint density at radius 1 is 1.24 bits per heavy atom. The Morgan fingerprint density at radius 2 is 1.92 bits per heavy atom. The predicted molar refractivity (Wildman–Crippen MR) is 98.0 cm³/mol. The molecule has 1 heterocycles. The third-order valence-electron chi connectivity index (χ3n) is 3.79. The van der Waals surface area contributed by atoms with E-state index in [2.05, 4.69) is 5.10 Å². The molecule has 138 valence electrons. The van der Waals surface area contributed by atoms with E-state index in [1.807, 2.05) is 47.9 Å². The van der Waals surface area contributed by atoms with E-state index in [1.54, 1.807) is 29.1 Å². The fourth-order valence-electron chi connectivity index (χ4n) is 2.58. The molecule has 0 bridgehead atoms. The SMILES string of the molecule is Cc1cc(S(=O)(=O)N(Cc2cnn(C)c2)C(C)C)ccc1OC(C)C. The molecule has 0 spiro atoms. The first-order chi connectivity index (χ1) is 11.6. The maximum absolute atomic E-state index is 13.1. The monoisotopic (exact) mass is 365 g/mol. The molecule has 1 aromatic carbocycles. The molecular weight excluding hydrogens is 338 g/mol. The lowest BCUT2D eigenvalue weighted by Crippen LogP contribution is -2.36. The van der Waals surface area contributed by atoms with E-state index in [0.29, 0.717) is 5.75 Å². The molecule has 0 unspecified atom stereocenters. The Hall–Kier alpha value is -1.86. The number of hydrogen-bond donors (Lipinski definition) is 0. The van der Waals surface area contributed by atoms with Gasteiger partial charge in [0.05, 0.1) is 17.2 Å². The van der Waals surface area contributed by atoms with Crippen molar-refractivity contribution in [3.05, 3.63) is 41.7 Å². The van der Waals surface area contributed by atoms with Gasteiger partial charge in [-0.15, -0.1) is 0 Å². The highest BCUT2D eigenvalue weighted by atomic mass is 32.2. The molecule has 0 atom stereocenters. The van der Waals surface area contributed by atoms with Crippen LogP contribution >= 0.6 is 0 Å². The second-order valence-corrected chi connectivity index (χ2v) is 8.65. The number of aryl methyl sites for hydroxylation is 2. The first-order valence-corrected chi connectivity index (χ1v) is 9.82. The molecule has 0 fully saturated rings. The summed E-state index contributed by atoms with van der Waals surface area (Å²) in [6, 6.07) is 4.84. The zero-order valence-corrected chi connectivity index (χ0v) is 16.5. The van der Waals surface area contributed by atoms with Crippen LogP contribution in [0.3, 0.4) is 0 Å². The van der Waals surface area contributed by atoms with E-state index in [0.717, 1.165) is 11.1 Å². The van der Waals surface area contributed by atoms with Crippen LogP contribution in [0.4, 0.5) is 0 Å². The highest BCUT2D eigenvalue weighted by Gasteiger charge is 2.28. The summed E-state index contributed by atoms with van der Waals surface area (Å²) in [5.41, 5.74) is 1.66. The Labute approximate surface area is 150 Å². The summed E-state index contributed by atoms with van der Waals surface area (Å²) in [5.74, 6) is 0.706. The molecule has 0 amide bonds. The van der Waals surface area contributed by atoms with Gasteiger partial charge in [0.2, 0.25) is 10.0 Å². The summed E-state index contributed by atoms with van der Waals surface area (Å²) in [6.07, 6.45) is 3.56. The molecule has 0 saturated heterocycles. The van der Waals surface area contributed by atoms with E-state index in [4.69, 9.17) is 4.74 Å². The third-order valence-corrected chi connectivity index (χ3v) is 5.81. The first kappa shape index (κ1) is 19.5. The first-order valence-electron chi connectivity index (χ1n) is 8.38. The molecule has 2 aromatic rings. The number of sulfonamides is 1. The van der Waals surface area contributed by atoms with E-state index < -0.39 is 10.0 Å². The quantitative estimate of drug-likeness (QED) is 0.756. The van der Waals surface area contributed by atoms with Crippen molar-refractivity contribution in [1.82, 2.24) is 14.1 Å². The second kappa shape index (κ2) is 7.58. The Bertz CT molecular complexity index is 826. The van der Waals surface area contributed by atoms with Crippen molar-refractivity contribution in [2.45, 2.75) is 58.2 Å². The summed E-state index contributed by atoms with van der Waals surface area (Å²) in [6.45, 7) is 9.78. The number of hydrogen-bond acceptors (Lipinski definition) is 4. The molecule has 0 saturated carbocycles. The molecule has 2 rings (SSSR count). The van der Waals surface area contributed by atoms with E-state index in [1.165, 1.54) is 4.31 Å². The minimum Gasteiger partial charge on any atom is -0.491 e. The lowest BCUT2D eigenvalue weighted by atomic mass is 10.2. The molecule has 1 aromatic heterocycles. The van der Waals surface area contributed by atoms with Crippen molar-refractivity contribution < 1.29 is 13.2 Å². The van der Waals surface area contributed by atoms with Crippen LogP contribution in [-0.2, 0) is 23.6 Å². The summed E-state index contributed by atoms with van der Waals surface area (Å²) < 4.78 is 35.1. The molecule has 0 aliphatic carbocycles. The van der Waals surface area contributed by atoms with Gasteiger partial charge in [-0.3, -0.25) is 4.68 Å². The van der Waals surface area contributed by atoms with Crippen molar-refractivity contribution >= 4 is 10.0 Å². The van der Waals surface area contributed by atoms with Gasteiger partial charge in [-0.2, -0.15) is 9.40 Å². The maximum atomic E-state index is 13.1. The molecule has 7 heteroatoms. The van der Waals surface area contributed by atoms with Crippen LogP contribution in [0, 0.1) is 6.92 Å². The average molecular weight is 365 g/mol. The fraction of sp³-hybridized carbons (Fsp3) is 0.500. The number of benzene rings is 1. The van der Waals surface area contributed by atoms with Crippen molar-refractivity contribution in [3.63, 3.8) is 0 Å². The van der Waals surface area contributed by atoms with Gasteiger partial charge < -0.3 is 4.74 Å². The summed E-state index contributed by atoms with van der Waals surface area (Å²) >= 11 is 0. The summed E-state index contributed by atoms with van der Waals surface area (Å²) in [5, 5.41) is 4.12. The molecule has 0 aliphatic heterocycles. The van der Waals surface area contributed by atoms with Gasteiger partial charge in [0.1, 0.15) is 5.75 Å². The van der Waals surface area contributed by atoms with Crippen molar-refractivity contribution in [2.24, 2.45) is 7.05 Å². The van der Waals surface area contributed by atoms with Gasteiger partial charge in [0, 0.05) is 31.4 Å². The largest absolute Gasteiger partial charge is 0.491 e. The maximum Gasteiger partial charge on any atom is 0.243 e. The average Bonchev–Trinajstić information content (AvgIpc) is 2.91. The lowest BCUT2D eigenvalue weighted by Gasteiger charge is -2.26. The molecule has 6 nitrogen and oxygen atoms in total. The fourth-order valence-corrected chi connectivity index (χ4v) is 4.29. The molecule has 0 radical (unpaired) electrons. The number of aromatic nitrogens is 2. The zero-order chi connectivity index (χ0) is 18.8. The highest BCUT2D eigenvalue weighted by molar-refractivity contribution is 7.89. The minimum atomic E-state index is -3.62. The van der Waals surface area contributed by atoms with Crippen LogP contribution in [0.1, 0.15) is 38.8 Å². The molecule has 0 N–H and O–H groups in total. The summed E-state index contributed by atoms with van der Waals surface area (Å²) in [7, 11) is -1.80. The van der Waals surface area contributed by atoms with E-state index >= 15 is 0 Å². The van der Waals surface area contributed by atoms with E-state index in [9.17, 15) is 8.42 Å². The lowest BCUT2D eigenvalue weighted by molar-refractivity contribution is 0.240. The van der Waals surface area contributed by atoms with Crippen LogP contribution in [0.25, 0.3) is 0 Å².